The minimum Gasteiger partial charge on any atom is -0.289 e. The van der Waals surface area contributed by atoms with Crippen LogP contribution >= 0.6 is 15.9 Å². The van der Waals surface area contributed by atoms with Crippen molar-refractivity contribution >= 4 is 27.8 Å². The molecular formula is C16H13BrO. The lowest BCUT2D eigenvalue weighted by atomic mass is 10.0. The van der Waals surface area contributed by atoms with Crippen LogP contribution in [0.4, 0.5) is 0 Å². The summed E-state index contributed by atoms with van der Waals surface area (Å²) < 4.78 is 1.03. The molecule has 18 heavy (non-hydrogen) atoms. The lowest BCUT2D eigenvalue weighted by Crippen LogP contribution is -1.96. The van der Waals surface area contributed by atoms with Crippen LogP contribution in [0.15, 0.2) is 59.1 Å². The van der Waals surface area contributed by atoms with Crippen molar-refractivity contribution in [3.63, 3.8) is 0 Å². The van der Waals surface area contributed by atoms with Gasteiger partial charge in [-0.05, 0) is 36.3 Å². The van der Waals surface area contributed by atoms with Gasteiger partial charge in [0.2, 0.25) is 0 Å². The number of halogens is 1. The number of benzene rings is 2. The minimum absolute atomic E-state index is 0.0380. The Morgan fingerprint density at radius 1 is 1.06 bits per heavy atom. The minimum atomic E-state index is 0.0380. The van der Waals surface area contributed by atoms with E-state index in [2.05, 4.69) is 15.9 Å². The van der Waals surface area contributed by atoms with E-state index in [4.69, 9.17) is 0 Å². The lowest BCUT2D eigenvalue weighted by molar-refractivity contribution is 0.104. The summed E-state index contributed by atoms with van der Waals surface area (Å²) in [5, 5.41) is 0. The molecule has 0 heterocycles. The zero-order valence-electron chi connectivity index (χ0n) is 10.1. The first kappa shape index (κ1) is 12.8. The molecular weight excluding hydrogens is 288 g/mol. The summed E-state index contributed by atoms with van der Waals surface area (Å²) >= 11 is 3.38. The molecule has 0 amide bonds. The van der Waals surface area contributed by atoms with Gasteiger partial charge in [-0.25, -0.2) is 0 Å². The van der Waals surface area contributed by atoms with E-state index >= 15 is 0 Å². The number of hydrogen-bond donors (Lipinski definition) is 0. The lowest BCUT2D eigenvalue weighted by Gasteiger charge is -2.00. The maximum absolute atomic E-state index is 12.0. The van der Waals surface area contributed by atoms with Gasteiger partial charge in [0.1, 0.15) is 0 Å². The molecule has 0 atom stereocenters. The van der Waals surface area contributed by atoms with E-state index in [1.165, 1.54) is 0 Å². The van der Waals surface area contributed by atoms with Crippen LogP contribution in [0.3, 0.4) is 0 Å². The molecule has 0 aliphatic carbocycles. The van der Waals surface area contributed by atoms with Crippen LogP contribution in [-0.2, 0) is 0 Å². The van der Waals surface area contributed by atoms with Crippen molar-refractivity contribution in [1.29, 1.82) is 0 Å². The summed E-state index contributed by atoms with van der Waals surface area (Å²) in [4.78, 5) is 12.0. The number of rotatable bonds is 3. The zero-order valence-corrected chi connectivity index (χ0v) is 11.6. The molecule has 0 radical (unpaired) electrons. The monoisotopic (exact) mass is 300 g/mol. The Morgan fingerprint density at radius 2 is 1.72 bits per heavy atom. The molecule has 0 aliphatic heterocycles. The number of ketones is 1. The van der Waals surface area contributed by atoms with Gasteiger partial charge in [0.25, 0.3) is 0 Å². The predicted molar refractivity (Wildman–Crippen MR) is 78.7 cm³/mol. The van der Waals surface area contributed by atoms with E-state index < -0.39 is 0 Å². The molecule has 0 fully saturated rings. The second-order valence-electron chi connectivity index (χ2n) is 4.06. The summed E-state index contributed by atoms with van der Waals surface area (Å²) in [5.74, 6) is 0.0380. The first-order chi connectivity index (χ1) is 8.66. The zero-order chi connectivity index (χ0) is 13.0. The highest BCUT2D eigenvalue weighted by Gasteiger charge is 2.03. The van der Waals surface area contributed by atoms with Crippen LogP contribution in [-0.4, -0.2) is 5.78 Å². The number of hydrogen-bond acceptors (Lipinski definition) is 1. The van der Waals surface area contributed by atoms with Gasteiger partial charge in [-0.3, -0.25) is 4.79 Å². The Kier molecular flexibility index (Phi) is 4.11. The van der Waals surface area contributed by atoms with Crippen molar-refractivity contribution < 1.29 is 4.79 Å². The van der Waals surface area contributed by atoms with Gasteiger partial charge in [0.05, 0.1) is 0 Å². The average Bonchev–Trinajstić information content (AvgIpc) is 2.38. The van der Waals surface area contributed by atoms with Crippen LogP contribution < -0.4 is 0 Å². The van der Waals surface area contributed by atoms with Gasteiger partial charge in [-0.2, -0.15) is 0 Å². The third kappa shape index (κ3) is 3.17. The Morgan fingerprint density at radius 3 is 2.39 bits per heavy atom. The number of carbonyl (C=O) groups excluding carboxylic acids is 1. The SMILES string of the molecule is Cc1ccccc1C(=O)/C=C/c1ccc(Br)cc1. The molecule has 1 nitrogen and oxygen atoms in total. The first-order valence-corrected chi connectivity index (χ1v) is 6.50. The molecule has 0 aliphatic rings. The molecule has 0 saturated carbocycles. The van der Waals surface area contributed by atoms with Crippen molar-refractivity contribution in [3.8, 4) is 0 Å². The quantitative estimate of drug-likeness (QED) is 0.595. The van der Waals surface area contributed by atoms with Gasteiger partial charge >= 0.3 is 0 Å². The van der Waals surface area contributed by atoms with Crippen LogP contribution in [0.1, 0.15) is 21.5 Å². The Labute approximate surface area is 115 Å². The van der Waals surface area contributed by atoms with Gasteiger partial charge in [-0.15, -0.1) is 0 Å². The van der Waals surface area contributed by atoms with Gasteiger partial charge in [0.15, 0.2) is 5.78 Å². The highest BCUT2D eigenvalue weighted by Crippen LogP contribution is 2.13. The molecule has 2 rings (SSSR count). The molecule has 2 aromatic rings. The highest BCUT2D eigenvalue weighted by atomic mass is 79.9. The molecule has 0 N–H and O–H groups in total. The Hall–Kier alpha value is -1.67. The Bertz CT molecular complexity index is 582. The molecule has 0 spiro atoms. The third-order valence-corrected chi connectivity index (χ3v) is 3.24. The van der Waals surface area contributed by atoms with Gasteiger partial charge in [-0.1, -0.05) is 58.4 Å². The summed E-state index contributed by atoms with van der Waals surface area (Å²) in [6.07, 6.45) is 3.45. The second-order valence-corrected chi connectivity index (χ2v) is 4.98. The van der Waals surface area contributed by atoms with Crippen molar-refractivity contribution in [2.75, 3.05) is 0 Å². The van der Waals surface area contributed by atoms with Crippen molar-refractivity contribution in [1.82, 2.24) is 0 Å². The number of aryl methyl sites for hydroxylation is 1. The van der Waals surface area contributed by atoms with E-state index in [1.807, 2.05) is 61.5 Å². The van der Waals surface area contributed by atoms with Crippen molar-refractivity contribution in [2.45, 2.75) is 6.92 Å². The molecule has 0 aromatic heterocycles. The van der Waals surface area contributed by atoms with Crippen LogP contribution in [0.2, 0.25) is 0 Å². The largest absolute Gasteiger partial charge is 0.289 e. The first-order valence-electron chi connectivity index (χ1n) is 5.70. The van der Waals surface area contributed by atoms with Crippen molar-refractivity contribution in [3.05, 3.63) is 75.8 Å². The second kappa shape index (κ2) is 5.78. The Balaban J connectivity index is 2.17. The van der Waals surface area contributed by atoms with Crippen LogP contribution in [0.25, 0.3) is 6.08 Å². The molecule has 2 aromatic carbocycles. The normalized spacial score (nSPS) is 10.8. The maximum atomic E-state index is 12.0. The van der Waals surface area contributed by atoms with E-state index in [1.54, 1.807) is 6.08 Å². The molecule has 0 bridgehead atoms. The van der Waals surface area contributed by atoms with Gasteiger partial charge < -0.3 is 0 Å². The molecule has 0 saturated heterocycles. The standard InChI is InChI=1S/C16H13BrO/c1-12-4-2-3-5-15(12)16(18)11-8-13-6-9-14(17)10-7-13/h2-11H,1H3/b11-8+. The van der Waals surface area contributed by atoms with E-state index in [9.17, 15) is 4.79 Å². The summed E-state index contributed by atoms with van der Waals surface area (Å²) in [7, 11) is 0. The van der Waals surface area contributed by atoms with Crippen LogP contribution in [0.5, 0.6) is 0 Å². The van der Waals surface area contributed by atoms with E-state index in [0.29, 0.717) is 0 Å². The fourth-order valence-corrected chi connectivity index (χ4v) is 1.95. The molecule has 2 heteroatoms. The third-order valence-electron chi connectivity index (χ3n) is 2.71. The maximum Gasteiger partial charge on any atom is 0.186 e. The van der Waals surface area contributed by atoms with Crippen molar-refractivity contribution in [2.24, 2.45) is 0 Å². The topological polar surface area (TPSA) is 17.1 Å². The predicted octanol–water partition coefficient (Wildman–Crippen LogP) is 4.65. The number of allylic oxidation sites excluding steroid dienone is 1. The van der Waals surface area contributed by atoms with Gasteiger partial charge in [0, 0.05) is 10.0 Å². The van der Waals surface area contributed by atoms with E-state index in [-0.39, 0.29) is 5.78 Å². The fraction of sp³-hybridized carbons (Fsp3) is 0.0625. The smallest absolute Gasteiger partial charge is 0.186 e. The van der Waals surface area contributed by atoms with E-state index in [0.717, 1.165) is 21.2 Å². The number of carbonyl (C=O) groups is 1. The van der Waals surface area contributed by atoms with Crippen LogP contribution in [0, 0.1) is 6.92 Å². The summed E-state index contributed by atoms with van der Waals surface area (Å²) in [5.41, 5.74) is 2.77. The fourth-order valence-electron chi connectivity index (χ4n) is 1.68. The highest BCUT2D eigenvalue weighted by molar-refractivity contribution is 9.10. The summed E-state index contributed by atoms with van der Waals surface area (Å²) in [6.45, 7) is 1.95. The molecule has 90 valence electrons. The molecule has 0 unspecified atom stereocenters. The average molecular weight is 301 g/mol. The summed E-state index contributed by atoms with van der Waals surface area (Å²) in [6, 6.07) is 15.5.